The summed E-state index contributed by atoms with van der Waals surface area (Å²) in [6.45, 7) is 2.01. The number of nitrogens with zero attached hydrogens (tertiary/aromatic N) is 2. The first kappa shape index (κ1) is 16.5. The maximum atomic E-state index is 12.1. The molecule has 1 saturated heterocycles. The Morgan fingerprint density at radius 2 is 1.95 bits per heavy atom. The van der Waals surface area contributed by atoms with Gasteiger partial charge in [-0.2, -0.15) is 0 Å². The van der Waals surface area contributed by atoms with Gasteiger partial charge in [-0.15, -0.1) is 0 Å². The second kappa shape index (κ2) is 7.98. The predicted molar refractivity (Wildman–Crippen MR) is 86.3 cm³/mol. The van der Waals surface area contributed by atoms with Crippen molar-refractivity contribution >= 4 is 28.9 Å². The van der Waals surface area contributed by atoms with E-state index in [0.29, 0.717) is 23.7 Å². The van der Waals surface area contributed by atoms with Gasteiger partial charge >= 0.3 is 0 Å². The zero-order valence-electron chi connectivity index (χ0n) is 12.4. The number of amides is 1. The first-order valence-corrected chi connectivity index (χ1v) is 7.91. The number of nitrogens with one attached hydrogen (secondary N) is 1. The molecule has 0 bridgehead atoms. The largest absolute Gasteiger partial charge is 0.379 e. The van der Waals surface area contributed by atoms with Gasteiger partial charge in [0.05, 0.1) is 4.92 Å². The highest BCUT2D eigenvalue weighted by Crippen LogP contribution is 2.27. The van der Waals surface area contributed by atoms with Crippen LogP contribution in [0.5, 0.6) is 0 Å². The highest BCUT2D eigenvalue weighted by molar-refractivity contribution is 6.30. The van der Waals surface area contributed by atoms with E-state index >= 15 is 0 Å². The summed E-state index contributed by atoms with van der Waals surface area (Å²) in [5.41, 5.74) is 0.313. The Bertz CT molecular complexity index is 543. The molecule has 7 heteroatoms. The highest BCUT2D eigenvalue weighted by atomic mass is 35.5. The van der Waals surface area contributed by atoms with Crippen molar-refractivity contribution in [1.82, 2.24) is 4.90 Å². The summed E-state index contributed by atoms with van der Waals surface area (Å²) < 4.78 is 0. The summed E-state index contributed by atoms with van der Waals surface area (Å²) in [5, 5.41) is 14.3. The molecular weight excluding hydrogens is 306 g/mol. The second-order valence-electron chi connectivity index (χ2n) is 5.39. The lowest BCUT2D eigenvalue weighted by molar-refractivity contribution is -0.383. The van der Waals surface area contributed by atoms with Crippen molar-refractivity contribution in [3.63, 3.8) is 0 Å². The minimum absolute atomic E-state index is 0.0743. The van der Waals surface area contributed by atoms with Crippen LogP contribution in [-0.4, -0.2) is 35.4 Å². The van der Waals surface area contributed by atoms with Gasteiger partial charge in [-0.05, 0) is 25.0 Å². The van der Waals surface area contributed by atoms with Gasteiger partial charge < -0.3 is 10.2 Å². The smallest absolute Gasteiger partial charge is 0.293 e. The minimum Gasteiger partial charge on any atom is -0.379 e. The van der Waals surface area contributed by atoms with Crippen LogP contribution in [0.15, 0.2) is 18.2 Å². The molecule has 1 aromatic carbocycles. The van der Waals surface area contributed by atoms with Gasteiger partial charge in [0.15, 0.2) is 0 Å². The average molecular weight is 326 g/mol. The molecule has 0 saturated carbocycles. The van der Waals surface area contributed by atoms with Crippen LogP contribution in [0.25, 0.3) is 0 Å². The molecule has 1 aromatic rings. The van der Waals surface area contributed by atoms with Crippen molar-refractivity contribution in [3.05, 3.63) is 33.3 Å². The Morgan fingerprint density at radius 1 is 1.27 bits per heavy atom. The van der Waals surface area contributed by atoms with Crippen molar-refractivity contribution in [2.24, 2.45) is 0 Å². The third kappa shape index (κ3) is 4.59. The van der Waals surface area contributed by atoms with Crippen LogP contribution in [-0.2, 0) is 4.79 Å². The van der Waals surface area contributed by atoms with Crippen LogP contribution < -0.4 is 5.32 Å². The highest BCUT2D eigenvalue weighted by Gasteiger charge is 2.17. The average Bonchev–Trinajstić information content (AvgIpc) is 2.77. The van der Waals surface area contributed by atoms with Crippen molar-refractivity contribution in [3.8, 4) is 0 Å². The lowest BCUT2D eigenvalue weighted by Gasteiger charge is -2.20. The van der Waals surface area contributed by atoms with Crippen molar-refractivity contribution in [2.75, 3.05) is 25.0 Å². The van der Waals surface area contributed by atoms with Gasteiger partial charge in [-0.1, -0.05) is 24.4 Å². The molecule has 1 fully saturated rings. The summed E-state index contributed by atoms with van der Waals surface area (Å²) in [5.74, 6) is 0.103. The van der Waals surface area contributed by atoms with E-state index in [1.54, 1.807) is 12.1 Å². The molecule has 1 heterocycles. The minimum atomic E-state index is -0.481. The summed E-state index contributed by atoms with van der Waals surface area (Å²) in [6.07, 6.45) is 4.81. The Labute approximate surface area is 134 Å². The third-order valence-corrected chi connectivity index (χ3v) is 4.00. The normalized spacial score (nSPS) is 15.2. The number of carbonyl (C=O) groups is 1. The van der Waals surface area contributed by atoms with E-state index in [9.17, 15) is 14.9 Å². The van der Waals surface area contributed by atoms with Gasteiger partial charge in [0.25, 0.3) is 5.69 Å². The van der Waals surface area contributed by atoms with E-state index in [0.717, 1.165) is 25.9 Å². The number of hydrogen-bond donors (Lipinski definition) is 1. The first-order valence-electron chi connectivity index (χ1n) is 7.53. The molecule has 1 aliphatic rings. The summed E-state index contributed by atoms with van der Waals surface area (Å²) in [6, 6.07) is 4.46. The Hall–Kier alpha value is -1.82. The van der Waals surface area contributed by atoms with Crippen LogP contribution in [0.2, 0.25) is 5.02 Å². The molecule has 0 spiro atoms. The number of nitro benzene ring substituents is 1. The fourth-order valence-electron chi connectivity index (χ4n) is 2.59. The summed E-state index contributed by atoms with van der Waals surface area (Å²) >= 11 is 5.77. The number of nitro groups is 1. The van der Waals surface area contributed by atoms with Crippen molar-refractivity contribution in [2.45, 2.75) is 32.1 Å². The van der Waals surface area contributed by atoms with Gasteiger partial charge in [0.2, 0.25) is 5.91 Å². The molecule has 0 unspecified atom stereocenters. The number of halogens is 1. The first-order chi connectivity index (χ1) is 10.6. The molecule has 0 atom stereocenters. The number of hydrogen-bond acceptors (Lipinski definition) is 4. The Morgan fingerprint density at radius 3 is 2.59 bits per heavy atom. The van der Waals surface area contributed by atoms with Crippen LogP contribution in [0.1, 0.15) is 32.1 Å². The third-order valence-electron chi connectivity index (χ3n) is 3.77. The summed E-state index contributed by atoms with van der Waals surface area (Å²) in [4.78, 5) is 24.5. The number of carbonyl (C=O) groups excluding carboxylic acids is 1. The topological polar surface area (TPSA) is 75.5 Å². The van der Waals surface area contributed by atoms with E-state index in [2.05, 4.69) is 5.32 Å². The zero-order chi connectivity index (χ0) is 15.9. The van der Waals surface area contributed by atoms with Gasteiger partial charge in [0, 0.05) is 37.1 Å². The standard InChI is InChI=1S/C15H20ClN3O3/c16-12-5-6-13(14(11-12)19(21)22)17-8-7-15(20)18-9-3-1-2-4-10-18/h5-6,11,17H,1-4,7-10H2. The SMILES string of the molecule is O=C(CCNc1ccc(Cl)cc1[N+](=O)[O-])N1CCCCCC1. The number of anilines is 1. The van der Waals surface area contributed by atoms with Gasteiger partial charge in [-0.3, -0.25) is 14.9 Å². The molecule has 22 heavy (non-hydrogen) atoms. The van der Waals surface area contributed by atoms with Crippen molar-refractivity contribution < 1.29 is 9.72 Å². The zero-order valence-corrected chi connectivity index (χ0v) is 13.1. The maximum absolute atomic E-state index is 12.1. The number of benzene rings is 1. The van der Waals surface area contributed by atoms with Crippen LogP contribution in [0.4, 0.5) is 11.4 Å². The molecular formula is C15H20ClN3O3. The van der Waals surface area contributed by atoms with Crippen LogP contribution in [0, 0.1) is 10.1 Å². The van der Waals surface area contributed by atoms with E-state index in [-0.39, 0.29) is 11.6 Å². The van der Waals surface area contributed by atoms with E-state index in [1.165, 1.54) is 18.9 Å². The van der Waals surface area contributed by atoms with Crippen LogP contribution >= 0.6 is 11.6 Å². The fourth-order valence-corrected chi connectivity index (χ4v) is 2.75. The Balaban J connectivity index is 1.88. The quantitative estimate of drug-likeness (QED) is 0.664. The molecule has 1 amide bonds. The molecule has 1 aliphatic heterocycles. The van der Waals surface area contributed by atoms with Crippen LogP contribution in [0.3, 0.4) is 0 Å². The summed E-state index contributed by atoms with van der Waals surface area (Å²) in [7, 11) is 0. The molecule has 2 rings (SSSR count). The van der Waals surface area contributed by atoms with E-state index in [4.69, 9.17) is 11.6 Å². The van der Waals surface area contributed by atoms with Gasteiger partial charge in [-0.25, -0.2) is 0 Å². The van der Waals surface area contributed by atoms with E-state index in [1.807, 2.05) is 4.90 Å². The lowest BCUT2D eigenvalue weighted by atomic mass is 10.2. The number of rotatable bonds is 5. The number of likely N-dealkylation sites (tertiary alicyclic amines) is 1. The monoisotopic (exact) mass is 325 g/mol. The molecule has 0 radical (unpaired) electrons. The van der Waals surface area contributed by atoms with Gasteiger partial charge in [0.1, 0.15) is 5.69 Å². The second-order valence-corrected chi connectivity index (χ2v) is 5.83. The molecule has 6 nitrogen and oxygen atoms in total. The maximum Gasteiger partial charge on any atom is 0.293 e. The Kier molecular flexibility index (Phi) is 6.00. The molecule has 0 aromatic heterocycles. The lowest BCUT2D eigenvalue weighted by Crippen LogP contribution is -2.32. The fraction of sp³-hybridized carbons (Fsp3) is 0.533. The molecule has 0 aliphatic carbocycles. The molecule has 1 N–H and O–H groups in total. The van der Waals surface area contributed by atoms with E-state index < -0.39 is 4.92 Å². The van der Waals surface area contributed by atoms with Crippen molar-refractivity contribution in [1.29, 1.82) is 0 Å². The molecule has 120 valence electrons. The predicted octanol–water partition coefficient (Wildman–Crippen LogP) is 3.45.